The van der Waals surface area contributed by atoms with Crippen molar-refractivity contribution in [2.45, 2.75) is 247 Å². The van der Waals surface area contributed by atoms with Crippen molar-refractivity contribution in [3.8, 4) is 16.3 Å². The maximum atomic E-state index is 12.7. The van der Waals surface area contributed by atoms with Gasteiger partial charge in [0.15, 0.2) is 0 Å². The number of amides is 3. The zero-order valence-electron chi connectivity index (χ0n) is 86.3. The average molecular weight is 1940 g/mol. The quantitative estimate of drug-likeness (QED) is 0.0348. The van der Waals surface area contributed by atoms with Crippen molar-refractivity contribution in [2.24, 2.45) is 0 Å². The molecule has 20 nitrogen and oxygen atoms in total. The van der Waals surface area contributed by atoms with Crippen molar-refractivity contribution in [3.05, 3.63) is 344 Å². The first kappa shape index (κ1) is 113. The van der Waals surface area contributed by atoms with Crippen LogP contribution in [0.25, 0.3) is 16.3 Å². The van der Waals surface area contributed by atoms with Gasteiger partial charge >= 0.3 is 12.0 Å². The summed E-state index contributed by atoms with van der Waals surface area (Å²) < 4.78 is 47.2. The van der Waals surface area contributed by atoms with Crippen molar-refractivity contribution >= 4 is 62.2 Å². The number of nitrogens with zero attached hydrogens (tertiary/aromatic N) is 7. The highest BCUT2D eigenvalue weighted by Crippen LogP contribution is 2.34. The third kappa shape index (κ3) is 38.6. The molecule has 4 aliphatic rings. The Bertz CT molecular complexity index is 5760. The SMILES string of the molecule is CC(C)c1ccc(C(=O)NCCO)cc1.CC(C)c1ccc(C(=O)O)cc1.CC(C)c1ccc(N2CCN(C)CC2)cc1.CC(C)c1ccc(N2CCOCC2)nc1.CC(C)c1ccc(NC(=O)NCc2ccccc2)cc1.CC(C)c1ccc(S(=O)(=O)NC2CCCCC2)cc1.CC(C)c1ccc2c(c1)CC(=O)C2.CC(C)c1cnn(-c2ccc(F)cc2)c1.Cc1nc(-c2ccccc2)sc1C(C)C. The summed E-state index contributed by atoms with van der Waals surface area (Å²) in [6, 6.07) is 75.9. The van der Waals surface area contributed by atoms with E-state index in [0.717, 1.165) is 98.4 Å². The number of halogens is 1. The lowest BCUT2D eigenvalue weighted by Gasteiger charge is -2.34. The Morgan fingerprint density at radius 1 is 0.500 bits per heavy atom. The molecule has 12 aromatic rings. The predicted molar refractivity (Wildman–Crippen MR) is 577 cm³/mol. The molecule has 3 fully saturated rings. The third-order valence-electron chi connectivity index (χ3n) is 24.6. The number of aromatic carboxylic acids is 1. The van der Waals surface area contributed by atoms with Gasteiger partial charge in [-0.2, -0.15) is 5.10 Å². The standard InChI is InChI=1S/C17H20N2O.C15H23NO2S.C14H22N2.C13H15NS.C12H13FN2.C12H18N2O.C12H17NO2.C12H14O.C10H12O2/c1-13(2)15-8-10-16(11-9-15)19-17(20)18-12-14-6-4-3-5-7-14;1-12(2)13-8-10-15(11-9-13)19(17,18)16-14-6-4-3-5-7-14;1-12(2)13-4-6-14(7-5-13)16-10-8-15(3)9-11-16;1-9(2)12-10(3)14-13(15-12)11-7-5-4-6-8-11;1-9(2)10-7-14-15(8-10)12-5-3-11(13)4-6-12;1-10(2)11-3-4-12(13-9-11)14-5-7-15-8-6-14;1-9(2)10-3-5-11(6-4-10)12(15)13-7-8-14;1-8(2)9-3-4-10-6-12(13)7-11(10)5-9;1-7(2)8-3-5-9(6-4-8)10(11)12/h3-11,13H,12H2,1-2H3,(H2,18,19,20);8-12,14,16H,3-7H2,1-2H3;4-7,12H,8-11H2,1-3H3;4-9H,1-3H3;3-9H,1-2H3;3-4,9-10H,5-8H2,1-2H3;3-6,9,14H,7-8H2,1-2H3,(H,13,15);3-5,8H,6-7H2,1-2H3;3-7H,1-2H3,(H,11,12). The number of hydrogen-bond acceptors (Lipinski definition) is 15. The number of aliphatic hydroxyl groups is 1. The van der Waals surface area contributed by atoms with E-state index in [-0.39, 0.29) is 30.4 Å². The number of ketones is 1. The van der Waals surface area contributed by atoms with Crippen LogP contribution in [-0.2, 0) is 38.9 Å². The molecule has 0 atom stereocenters. The number of piperazine rings is 1. The lowest BCUT2D eigenvalue weighted by molar-refractivity contribution is -0.117. The number of carbonyl (C=O) groups excluding carboxylic acids is 3. The summed E-state index contributed by atoms with van der Waals surface area (Å²) in [6.07, 6.45) is 12.5. The molecule has 0 radical (unpaired) electrons. The number of urea groups is 1. The van der Waals surface area contributed by atoms with E-state index in [2.05, 4.69) is 268 Å². The van der Waals surface area contributed by atoms with Gasteiger partial charge in [-0.3, -0.25) is 9.59 Å². The van der Waals surface area contributed by atoms with Gasteiger partial charge in [0, 0.05) is 111 Å². The third-order valence-corrected chi connectivity index (χ3v) is 27.6. The lowest BCUT2D eigenvalue weighted by Crippen LogP contribution is -2.44. The molecule has 2 saturated heterocycles. The molecule has 5 heterocycles. The van der Waals surface area contributed by atoms with E-state index in [9.17, 15) is 32.0 Å². The number of carboxylic acids is 1. The maximum Gasteiger partial charge on any atom is 0.335 e. The van der Waals surface area contributed by atoms with Gasteiger partial charge < -0.3 is 45.6 Å². The number of aliphatic hydroxyl groups excluding tert-OH is 1. The van der Waals surface area contributed by atoms with Gasteiger partial charge in [-0.25, -0.2) is 41.8 Å². The van der Waals surface area contributed by atoms with E-state index in [1.807, 2.05) is 139 Å². The number of anilines is 3. The number of carboxylic acid groups (broad SMARTS) is 1. The second kappa shape index (κ2) is 58.4. The van der Waals surface area contributed by atoms with Gasteiger partial charge in [0.05, 0.1) is 47.9 Å². The van der Waals surface area contributed by atoms with Crippen molar-refractivity contribution in [3.63, 3.8) is 0 Å². The Labute approximate surface area is 839 Å². The fourth-order valence-electron chi connectivity index (χ4n) is 15.4. The minimum atomic E-state index is -3.35. The van der Waals surface area contributed by atoms with E-state index in [1.54, 1.807) is 41.1 Å². The fraction of sp³-hybridized carbons (Fsp3) is 0.410. The second-order valence-corrected chi connectivity index (χ2v) is 41.5. The summed E-state index contributed by atoms with van der Waals surface area (Å²) in [7, 11) is -1.16. The molecule has 0 spiro atoms. The number of pyridine rings is 1. The number of sulfonamides is 1. The van der Waals surface area contributed by atoms with Crippen LogP contribution < -0.4 is 30.5 Å². The van der Waals surface area contributed by atoms with Crippen LogP contribution in [0.4, 0.5) is 26.4 Å². The molecule has 16 rings (SSSR count). The van der Waals surface area contributed by atoms with Gasteiger partial charge in [-0.1, -0.05) is 289 Å². The number of rotatable bonds is 23. The number of benzene rings is 9. The van der Waals surface area contributed by atoms with E-state index in [1.165, 1.54) is 104 Å². The number of aryl methyl sites for hydroxylation is 1. The maximum absolute atomic E-state index is 12.7. The molecule has 2 aliphatic heterocycles. The molecule has 3 aromatic heterocycles. The summed E-state index contributed by atoms with van der Waals surface area (Å²) in [4.78, 5) is 62.9. The van der Waals surface area contributed by atoms with Crippen LogP contribution in [0.1, 0.15) is 302 Å². The lowest BCUT2D eigenvalue weighted by atomic mass is 9.96. The smallest absolute Gasteiger partial charge is 0.335 e. The molecule has 2 aliphatic carbocycles. The van der Waals surface area contributed by atoms with Crippen LogP contribution in [0.3, 0.4) is 0 Å². The number of ether oxygens (including phenoxy) is 1. The van der Waals surface area contributed by atoms with Crippen LogP contribution in [0, 0.1) is 12.7 Å². The second-order valence-electron chi connectivity index (χ2n) is 38.7. The molecule has 1 saturated carbocycles. The number of morpholine rings is 1. The van der Waals surface area contributed by atoms with Gasteiger partial charge in [0.1, 0.15) is 22.4 Å². The first-order valence-corrected chi connectivity index (χ1v) is 52.1. The Balaban J connectivity index is 0.000000194. The van der Waals surface area contributed by atoms with Crippen molar-refractivity contribution < 1.29 is 46.9 Å². The minimum Gasteiger partial charge on any atom is -0.478 e. The molecule has 140 heavy (non-hydrogen) atoms. The van der Waals surface area contributed by atoms with E-state index in [4.69, 9.17) is 14.9 Å². The van der Waals surface area contributed by atoms with E-state index < -0.39 is 16.0 Å². The number of thiazole rings is 1. The summed E-state index contributed by atoms with van der Waals surface area (Å²) in [5, 5.41) is 30.8. The van der Waals surface area contributed by atoms with E-state index >= 15 is 0 Å². The molecular formula is C117H154FN11O9S2. The Hall–Kier alpha value is -11.8. The van der Waals surface area contributed by atoms with Crippen LogP contribution in [-0.4, -0.2) is 146 Å². The monoisotopic (exact) mass is 1940 g/mol. The van der Waals surface area contributed by atoms with Crippen molar-refractivity contribution in [1.29, 1.82) is 0 Å². The molecule has 3 amide bonds. The largest absolute Gasteiger partial charge is 0.478 e. The molecule has 750 valence electrons. The Morgan fingerprint density at radius 3 is 1.46 bits per heavy atom. The number of carbonyl (C=O) groups is 4. The Morgan fingerprint density at radius 2 is 0.979 bits per heavy atom. The van der Waals surface area contributed by atoms with Crippen molar-refractivity contribution in [1.82, 2.24) is 40.0 Å². The molecule has 0 bridgehead atoms. The summed E-state index contributed by atoms with van der Waals surface area (Å²) in [5.41, 5.74) is 20.0. The first-order valence-electron chi connectivity index (χ1n) is 49.8. The van der Waals surface area contributed by atoms with E-state index in [0.29, 0.717) is 101 Å². The number of Topliss-reactive ketones (excluding diaryl/α,β-unsaturated/α-hetero) is 1. The van der Waals surface area contributed by atoms with Gasteiger partial charge in [0.25, 0.3) is 5.91 Å². The normalized spacial score (nSPS) is 13.6. The highest BCUT2D eigenvalue weighted by atomic mass is 32.2. The molecule has 0 unspecified atom stereocenters. The minimum absolute atomic E-state index is 0.0319. The number of hydrogen-bond donors (Lipinski definition) is 6. The van der Waals surface area contributed by atoms with Crippen LogP contribution in [0.15, 0.2) is 260 Å². The highest BCUT2D eigenvalue weighted by Gasteiger charge is 2.24. The zero-order chi connectivity index (χ0) is 102. The van der Waals surface area contributed by atoms with Crippen LogP contribution in [0.2, 0.25) is 0 Å². The van der Waals surface area contributed by atoms with Gasteiger partial charge in [-0.15, -0.1) is 11.3 Å². The molecule has 23 heteroatoms. The fourth-order valence-corrected chi connectivity index (χ4v) is 17.8. The van der Waals surface area contributed by atoms with Gasteiger partial charge in [0.2, 0.25) is 10.0 Å². The van der Waals surface area contributed by atoms with Gasteiger partial charge in [-0.05, 0) is 232 Å². The number of likely N-dealkylation sites (N-methyl/N-ethyl adjacent to an activating group) is 1. The number of fused-ring (bicyclic) bond motifs is 1. The Kier molecular flexibility index (Phi) is 47.3. The highest BCUT2D eigenvalue weighted by molar-refractivity contribution is 7.89. The van der Waals surface area contributed by atoms with Crippen LogP contribution in [0.5, 0.6) is 0 Å². The zero-order valence-corrected chi connectivity index (χ0v) is 88.0. The summed E-state index contributed by atoms with van der Waals surface area (Å²) >= 11 is 1.81. The number of aromatic nitrogens is 4. The summed E-state index contributed by atoms with van der Waals surface area (Å²) in [6.45, 7) is 49.8. The predicted octanol–water partition coefficient (Wildman–Crippen LogP) is 26.1. The van der Waals surface area contributed by atoms with Crippen LogP contribution >= 0.6 is 11.3 Å². The first-order chi connectivity index (χ1) is 66.8. The van der Waals surface area contributed by atoms with Crippen molar-refractivity contribution in [2.75, 3.05) is 87.8 Å². The number of nitrogens with one attached hydrogen (secondary N) is 4. The molecule has 6 N–H and O–H groups in total. The topological polar surface area (TPSA) is 254 Å². The molecule has 9 aromatic carbocycles. The average Bonchev–Trinajstić information content (AvgIpc) is 1.48. The molecular weight excluding hydrogens is 1790 g/mol. The summed E-state index contributed by atoms with van der Waals surface area (Å²) in [5.74, 6) is 4.79.